The van der Waals surface area contributed by atoms with Gasteiger partial charge in [-0.2, -0.15) is 0 Å². The molecule has 39 heavy (non-hydrogen) atoms. The number of hydrogen-bond donors (Lipinski definition) is 3. The van der Waals surface area contributed by atoms with E-state index in [0.29, 0.717) is 56.5 Å². The number of carbonyl (C=O) groups is 2. The van der Waals surface area contributed by atoms with Gasteiger partial charge >= 0.3 is 0 Å². The maximum atomic E-state index is 13.2. The largest absolute Gasteiger partial charge is 0.358 e. The fourth-order valence-corrected chi connectivity index (χ4v) is 6.45. The van der Waals surface area contributed by atoms with Gasteiger partial charge in [0.15, 0.2) is 9.84 Å². The molecule has 0 atom stereocenters. The van der Waals surface area contributed by atoms with Gasteiger partial charge in [0.2, 0.25) is 0 Å². The van der Waals surface area contributed by atoms with Crippen LogP contribution in [0.5, 0.6) is 0 Å². The fraction of sp³-hybridized carbons (Fsp3) is 0.310. The quantitative estimate of drug-likeness (QED) is 0.304. The van der Waals surface area contributed by atoms with Crippen LogP contribution in [0.25, 0.3) is 11.6 Å². The van der Waals surface area contributed by atoms with E-state index in [-0.39, 0.29) is 22.5 Å². The number of benzene rings is 2. The molecule has 3 aromatic rings. The van der Waals surface area contributed by atoms with Crippen molar-refractivity contribution < 1.29 is 18.0 Å². The van der Waals surface area contributed by atoms with Crippen molar-refractivity contribution in [2.75, 3.05) is 31.5 Å². The van der Waals surface area contributed by atoms with Crippen LogP contribution in [0.3, 0.4) is 0 Å². The van der Waals surface area contributed by atoms with E-state index in [9.17, 15) is 18.0 Å². The highest BCUT2D eigenvalue weighted by Gasteiger charge is 2.28. The number of fused-ring (bicyclic) bond motifs is 1. The molecule has 0 fully saturated rings. The van der Waals surface area contributed by atoms with Gasteiger partial charge in [-0.3, -0.25) is 9.59 Å². The number of H-pyrrole nitrogens is 1. The number of nitrogens with one attached hydrogen (secondary N) is 3. The Morgan fingerprint density at radius 2 is 1.82 bits per heavy atom. The summed E-state index contributed by atoms with van der Waals surface area (Å²) in [7, 11) is -3.73. The topological polar surface area (TPSA) is 111 Å². The van der Waals surface area contributed by atoms with E-state index in [1.54, 1.807) is 36.4 Å². The second-order valence-electron chi connectivity index (χ2n) is 9.52. The summed E-state index contributed by atoms with van der Waals surface area (Å²) in [6.45, 7) is 10.9. The first-order chi connectivity index (χ1) is 18.6. The van der Waals surface area contributed by atoms with Crippen LogP contribution in [-0.4, -0.2) is 56.3 Å². The average Bonchev–Trinajstić information content (AvgIpc) is 3.36. The van der Waals surface area contributed by atoms with E-state index in [1.165, 1.54) is 12.1 Å². The molecule has 0 bridgehead atoms. The number of sulfone groups is 1. The van der Waals surface area contributed by atoms with Crippen LogP contribution < -0.4 is 10.6 Å². The van der Waals surface area contributed by atoms with E-state index in [4.69, 9.17) is 11.6 Å². The molecular weight excluding hydrogens is 536 g/mol. The maximum absolute atomic E-state index is 13.2. The second-order valence-corrected chi connectivity index (χ2v) is 11.9. The van der Waals surface area contributed by atoms with Crippen molar-refractivity contribution in [2.24, 2.45) is 0 Å². The van der Waals surface area contributed by atoms with Gasteiger partial charge in [0.25, 0.3) is 11.8 Å². The Bertz CT molecular complexity index is 1560. The van der Waals surface area contributed by atoms with Crippen molar-refractivity contribution in [3.05, 3.63) is 81.1 Å². The molecule has 1 aliphatic heterocycles. The summed E-state index contributed by atoms with van der Waals surface area (Å²) in [6.07, 6.45) is 1.67. The number of carbonyl (C=O) groups excluding carboxylic acids is 2. The summed E-state index contributed by atoms with van der Waals surface area (Å²) in [5.74, 6) is -0.780. The van der Waals surface area contributed by atoms with Crippen molar-refractivity contribution in [3.63, 3.8) is 0 Å². The lowest BCUT2D eigenvalue weighted by Crippen LogP contribution is -2.35. The predicted octanol–water partition coefficient (Wildman–Crippen LogP) is 4.82. The lowest BCUT2D eigenvalue weighted by molar-refractivity contribution is -0.110. The summed E-state index contributed by atoms with van der Waals surface area (Å²) in [6, 6.07) is 11.4. The fourth-order valence-electron chi connectivity index (χ4n) is 4.77. The van der Waals surface area contributed by atoms with Gasteiger partial charge in [-0.1, -0.05) is 43.6 Å². The summed E-state index contributed by atoms with van der Waals surface area (Å²) >= 11 is 6.19. The molecule has 10 heteroatoms. The number of rotatable bonds is 10. The minimum atomic E-state index is -3.73. The number of aryl methyl sites for hydroxylation is 1. The molecule has 8 nitrogen and oxygen atoms in total. The van der Waals surface area contributed by atoms with Gasteiger partial charge in [-0.25, -0.2) is 8.42 Å². The van der Waals surface area contributed by atoms with Crippen molar-refractivity contribution in [3.8, 4) is 0 Å². The molecule has 2 amide bonds. The SMILES string of the molecule is CCN(CC)CCNC(=O)c1c(C)[nH]c(C=C2C(=O)Nc3ccc(S(=O)(=O)Cc4ccccc4Cl)cc32)c1C. The van der Waals surface area contributed by atoms with E-state index in [2.05, 4.69) is 34.4 Å². The molecule has 0 aliphatic carbocycles. The molecule has 0 radical (unpaired) electrons. The van der Waals surface area contributed by atoms with Crippen molar-refractivity contribution >= 4 is 50.6 Å². The summed E-state index contributed by atoms with van der Waals surface area (Å²) in [5.41, 5.74) is 4.39. The molecule has 1 aliphatic rings. The van der Waals surface area contributed by atoms with E-state index < -0.39 is 9.84 Å². The molecule has 0 saturated carbocycles. The summed E-state index contributed by atoms with van der Waals surface area (Å²) < 4.78 is 26.4. The predicted molar refractivity (Wildman–Crippen MR) is 156 cm³/mol. The number of likely N-dealkylation sites (N-methyl/N-ethyl adjacent to an activating group) is 1. The first kappa shape index (κ1) is 28.6. The molecule has 3 N–H and O–H groups in total. The number of aromatic nitrogens is 1. The third-order valence-electron chi connectivity index (χ3n) is 7.04. The molecular formula is C29H33ClN4O4S. The lowest BCUT2D eigenvalue weighted by atomic mass is 10.0. The standard InChI is InChI=1S/C29H33ClN4O4S/c1-5-34(6-2)14-13-31-29(36)27-18(3)26(32-19(27)4)16-23-22-15-21(11-12-25(22)33-28(23)35)39(37,38)17-20-9-7-8-10-24(20)30/h7-12,15-16,32H,5-6,13-14,17H2,1-4H3,(H,31,36)(H,33,35). The van der Waals surface area contributed by atoms with Crippen LogP contribution in [0, 0.1) is 13.8 Å². The Morgan fingerprint density at radius 3 is 2.51 bits per heavy atom. The third-order valence-corrected chi connectivity index (χ3v) is 9.07. The minimum absolute atomic E-state index is 0.0937. The van der Waals surface area contributed by atoms with Crippen LogP contribution in [0.15, 0.2) is 47.4 Å². The molecule has 0 spiro atoms. The van der Waals surface area contributed by atoms with E-state index >= 15 is 0 Å². The van der Waals surface area contributed by atoms with E-state index in [0.717, 1.165) is 19.6 Å². The van der Waals surface area contributed by atoms with Gasteiger partial charge in [0.1, 0.15) is 0 Å². The van der Waals surface area contributed by atoms with Gasteiger partial charge in [-0.15, -0.1) is 0 Å². The van der Waals surface area contributed by atoms with Gasteiger partial charge in [0, 0.05) is 40.8 Å². The highest BCUT2D eigenvalue weighted by Crippen LogP contribution is 2.36. The number of aromatic amines is 1. The van der Waals surface area contributed by atoms with Crippen LogP contribution >= 0.6 is 11.6 Å². The molecule has 206 valence electrons. The molecule has 2 aromatic carbocycles. The molecule has 0 unspecified atom stereocenters. The number of nitrogens with zero attached hydrogens (tertiary/aromatic N) is 1. The lowest BCUT2D eigenvalue weighted by Gasteiger charge is -2.18. The van der Waals surface area contributed by atoms with Crippen molar-refractivity contribution in [1.82, 2.24) is 15.2 Å². The zero-order valence-electron chi connectivity index (χ0n) is 22.5. The van der Waals surface area contributed by atoms with Gasteiger partial charge < -0.3 is 20.5 Å². The molecule has 1 aromatic heterocycles. The molecule has 4 rings (SSSR count). The number of anilines is 1. The maximum Gasteiger partial charge on any atom is 0.256 e. The highest BCUT2D eigenvalue weighted by atomic mass is 35.5. The van der Waals surface area contributed by atoms with Crippen LogP contribution in [-0.2, 0) is 20.4 Å². The monoisotopic (exact) mass is 568 g/mol. The summed E-state index contributed by atoms with van der Waals surface area (Å²) in [5, 5.41) is 6.16. The second kappa shape index (κ2) is 11.8. The Labute approximate surface area is 234 Å². The molecule has 2 heterocycles. The van der Waals surface area contributed by atoms with Crippen molar-refractivity contribution in [2.45, 2.75) is 38.3 Å². The van der Waals surface area contributed by atoms with Crippen LogP contribution in [0.2, 0.25) is 5.02 Å². The van der Waals surface area contributed by atoms with Gasteiger partial charge in [-0.05, 0) is 68.4 Å². The zero-order valence-corrected chi connectivity index (χ0v) is 24.1. The van der Waals surface area contributed by atoms with Crippen molar-refractivity contribution in [1.29, 1.82) is 0 Å². The van der Waals surface area contributed by atoms with Crippen LogP contribution in [0.4, 0.5) is 5.69 Å². The zero-order chi connectivity index (χ0) is 28.3. The van der Waals surface area contributed by atoms with Crippen LogP contribution in [0.1, 0.15) is 52.3 Å². The highest BCUT2D eigenvalue weighted by molar-refractivity contribution is 7.90. The number of hydrogen-bond acceptors (Lipinski definition) is 5. The van der Waals surface area contributed by atoms with Gasteiger partial charge in [0.05, 0.1) is 21.8 Å². The Hall–Kier alpha value is -3.40. The smallest absolute Gasteiger partial charge is 0.256 e. The number of amides is 2. The number of halogens is 1. The Kier molecular flexibility index (Phi) is 8.64. The first-order valence-electron chi connectivity index (χ1n) is 12.9. The normalized spacial score (nSPS) is 14.1. The third kappa shape index (κ3) is 6.11. The molecule has 0 saturated heterocycles. The average molecular weight is 569 g/mol. The summed E-state index contributed by atoms with van der Waals surface area (Å²) in [4.78, 5) is 31.4. The Balaban J connectivity index is 1.62. The first-order valence-corrected chi connectivity index (χ1v) is 14.9. The minimum Gasteiger partial charge on any atom is -0.358 e. The Morgan fingerprint density at radius 1 is 1.10 bits per heavy atom. The van der Waals surface area contributed by atoms with E-state index in [1.807, 2.05) is 13.8 Å².